The highest BCUT2D eigenvalue weighted by Gasteiger charge is 2.21. The number of hydrogen-bond donors (Lipinski definition) is 1. The van der Waals surface area contributed by atoms with E-state index in [1.165, 1.54) is 12.8 Å². The van der Waals surface area contributed by atoms with E-state index in [0.717, 1.165) is 32.5 Å². The highest BCUT2D eigenvalue weighted by atomic mass is 16.5. The molecule has 1 aliphatic rings. The zero-order valence-corrected chi connectivity index (χ0v) is 13.1. The van der Waals surface area contributed by atoms with Gasteiger partial charge in [0.1, 0.15) is 0 Å². The molecule has 7 heteroatoms. The molecule has 0 aliphatic carbocycles. The second-order valence-corrected chi connectivity index (χ2v) is 5.20. The second-order valence-electron chi connectivity index (χ2n) is 5.20. The summed E-state index contributed by atoms with van der Waals surface area (Å²) in [7, 11) is 3.10. The highest BCUT2D eigenvalue weighted by molar-refractivity contribution is 5.32. The van der Waals surface area contributed by atoms with Crippen molar-refractivity contribution in [3.05, 3.63) is 0 Å². The Labute approximate surface area is 126 Å². The number of hydrogen-bond acceptors (Lipinski definition) is 7. The van der Waals surface area contributed by atoms with E-state index >= 15 is 0 Å². The first-order chi connectivity index (χ1) is 10.3. The van der Waals surface area contributed by atoms with Crippen molar-refractivity contribution >= 4 is 5.95 Å². The van der Waals surface area contributed by atoms with Crippen molar-refractivity contribution < 1.29 is 9.47 Å². The number of anilines is 1. The van der Waals surface area contributed by atoms with Gasteiger partial charge in [-0.25, -0.2) is 0 Å². The number of rotatable bonds is 8. The van der Waals surface area contributed by atoms with Gasteiger partial charge in [0, 0.05) is 19.1 Å². The minimum absolute atomic E-state index is 0.290. The van der Waals surface area contributed by atoms with Crippen LogP contribution in [0, 0.1) is 0 Å². The van der Waals surface area contributed by atoms with Crippen LogP contribution in [0.4, 0.5) is 5.95 Å². The molecule has 1 aliphatic heterocycles. The lowest BCUT2D eigenvalue weighted by Crippen LogP contribution is -2.39. The van der Waals surface area contributed by atoms with Crippen LogP contribution in [0.25, 0.3) is 0 Å². The lowest BCUT2D eigenvalue weighted by molar-refractivity contribution is 0.339. The number of unbranched alkanes of at least 4 members (excludes halogenated alkanes) is 1. The lowest BCUT2D eigenvalue weighted by atomic mass is 10.2. The normalized spacial score (nSPS) is 17.8. The van der Waals surface area contributed by atoms with E-state index in [0.29, 0.717) is 12.0 Å². The van der Waals surface area contributed by atoms with Crippen LogP contribution in [0.15, 0.2) is 0 Å². The molecule has 118 valence electrons. The van der Waals surface area contributed by atoms with Gasteiger partial charge in [-0.3, -0.25) is 0 Å². The number of nitrogens with one attached hydrogen (secondary N) is 1. The molecule has 0 bridgehead atoms. The Morgan fingerprint density at radius 3 is 2.43 bits per heavy atom. The molecule has 1 unspecified atom stereocenters. The van der Waals surface area contributed by atoms with E-state index in [9.17, 15) is 0 Å². The molecule has 0 aromatic carbocycles. The predicted octanol–water partition coefficient (Wildman–Crippen LogP) is 1.25. The summed E-state index contributed by atoms with van der Waals surface area (Å²) >= 11 is 0. The van der Waals surface area contributed by atoms with E-state index in [1.54, 1.807) is 14.2 Å². The third-order valence-corrected chi connectivity index (χ3v) is 3.62. The lowest BCUT2D eigenvalue weighted by Gasteiger charge is -2.26. The van der Waals surface area contributed by atoms with Gasteiger partial charge in [-0.05, 0) is 25.8 Å². The largest absolute Gasteiger partial charge is 0.467 e. The average Bonchev–Trinajstić information content (AvgIpc) is 3.03. The van der Waals surface area contributed by atoms with Gasteiger partial charge in [0.2, 0.25) is 5.95 Å². The molecule has 0 amide bonds. The van der Waals surface area contributed by atoms with E-state index in [-0.39, 0.29) is 12.0 Å². The van der Waals surface area contributed by atoms with Crippen molar-refractivity contribution in [2.75, 3.05) is 38.8 Å². The van der Waals surface area contributed by atoms with E-state index in [2.05, 4.69) is 32.1 Å². The van der Waals surface area contributed by atoms with Crippen LogP contribution in [0.3, 0.4) is 0 Å². The molecule has 2 heterocycles. The summed E-state index contributed by atoms with van der Waals surface area (Å²) in [5, 5.41) is 3.52. The van der Waals surface area contributed by atoms with Crippen molar-refractivity contribution in [3.63, 3.8) is 0 Å². The van der Waals surface area contributed by atoms with Gasteiger partial charge in [-0.1, -0.05) is 13.3 Å². The molecule has 21 heavy (non-hydrogen) atoms. The second kappa shape index (κ2) is 7.97. The molecular formula is C14H25N5O2. The predicted molar refractivity (Wildman–Crippen MR) is 81.1 cm³/mol. The Morgan fingerprint density at radius 2 is 1.90 bits per heavy atom. The van der Waals surface area contributed by atoms with Crippen LogP contribution >= 0.6 is 0 Å². The van der Waals surface area contributed by atoms with Crippen molar-refractivity contribution in [1.29, 1.82) is 0 Å². The first-order valence-electron chi connectivity index (χ1n) is 7.59. The Morgan fingerprint density at radius 1 is 1.19 bits per heavy atom. The summed E-state index contributed by atoms with van der Waals surface area (Å²) in [4.78, 5) is 15.0. The fourth-order valence-electron chi connectivity index (χ4n) is 2.45. The van der Waals surface area contributed by atoms with Crippen molar-refractivity contribution in [1.82, 2.24) is 20.3 Å². The van der Waals surface area contributed by atoms with Crippen LogP contribution in [-0.4, -0.2) is 54.8 Å². The highest BCUT2D eigenvalue weighted by Crippen LogP contribution is 2.18. The van der Waals surface area contributed by atoms with Crippen molar-refractivity contribution in [3.8, 4) is 12.0 Å². The number of methoxy groups -OCH3 is 2. The quantitative estimate of drug-likeness (QED) is 0.773. The third-order valence-electron chi connectivity index (χ3n) is 3.62. The van der Waals surface area contributed by atoms with Crippen LogP contribution in [-0.2, 0) is 0 Å². The summed E-state index contributed by atoms with van der Waals surface area (Å²) in [6.07, 6.45) is 4.66. The van der Waals surface area contributed by atoms with Gasteiger partial charge in [-0.15, -0.1) is 4.98 Å². The minimum atomic E-state index is 0.290. The third kappa shape index (κ3) is 4.42. The molecule has 1 N–H and O–H groups in total. The van der Waals surface area contributed by atoms with Gasteiger partial charge < -0.3 is 19.7 Å². The summed E-state index contributed by atoms with van der Waals surface area (Å²) in [6, 6.07) is 1.08. The van der Waals surface area contributed by atoms with E-state index in [4.69, 9.17) is 9.47 Å². The molecule has 2 rings (SSSR count). The van der Waals surface area contributed by atoms with Gasteiger partial charge in [0.25, 0.3) is 0 Å². The molecule has 1 fully saturated rings. The van der Waals surface area contributed by atoms with Crippen LogP contribution in [0.1, 0.15) is 32.6 Å². The summed E-state index contributed by atoms with van der Waals surface area (Å²) in [5.74, 6) is 0.626. The van der Waals surface area contributed by atoms with Crippen molar-refractivity contribution in [2.24, 2.45) is 0 Å². The molecule has 0 spiro atoms. The Bertz CT molecular complexity index is 415. The Balaban J connectivity index is 2.17. The molecule has 1 saturated heterocycles. The Hall–Kier alpha value is -1.63. The standard InChI is InChI=1S/C14H25N5O2/c1-4-5-9-19(10-11-7-6-8-15-11)12-16-13(20-2)18-14(17-12)21-3/h11,15H,4-10H2,1-3H3. The number of nitrogens with zero attached hydrogens (tertiary/aromatic N) is 4. The average molecular weight is 295 g/mol. The number of ether oxygens (including phenoxy) is 2. The Kier molecular flexibility index (Phi) is 5.98. The minimum Gasteiger partial charge on any atom is -0.467 e. The van der Waals surface area contributed by atoms with Crippen LogP contribution in [0.2, 0.25) is 0 Å². The fourth-order valence-corrected chi connectivity index (χ4v) is 2.45. The number of aromatic nitrogens is 3. The monoisotopic (exact) mass is 295 g/mol. The topological polar surface area (TPSA) is 72.4 Å². The van der Waals surface area contributed by atoms with E-state index in [1.807, 2.05) is 0 Å². The zero-order valence-electron chi connectivity index (χ0n) is 13.1. The molecule has 1 atom stereocenters. The zero-order chi connectivity index (χ0) is 15.1. The molecule has 7 nitrogen and oxygen atoms in total. The van der Waals surface area contributed by atoms with Crippen molar-refractivity contribution in [2.45, 2.75) is 38.6 Å². The smallest absolute Gasteiger partial charge is 0.324 e. The maximum atomic E-state index is 5.14. The van der Waals surface area contributed by atoms with Crippen LogP contribution < -0.4 is 19.7 Å². The summed E-state index contributed by atoms with van der Waals surface area (Å²) in [6.45, 7) is 5.10. The first kappa shape index (κ1) is 15.8. The van der Waals surface area contributed by atoms with Gasteiger partial charge >= 0.3 is 12.0 Å². The molecular weight excluding hydrogens is 270 g/mol. The SMILES string of the molecule is CCCCN(CC1CCCN1)c1nc(OC)nc(OC)n1. The molecule has 0 radical (unpaired) electrons. The van der Waals surface area contributed by atoms with Crippen LogP contribution in [0.5, 0.6) is 12.0 Å². The summed E-state index contributed by atoms with van der Waals surface area (Å²) < 4.78 is 10.3. The first-order valence-corrected chi connectivity index (χ1v) is 7.59. The van der Waals surface area contributed by atoms with Gasteiger partial charge in [-0.2, -0.15) is 9.97 Å². The summed E-state index contributed by atoms with van der Waals surface area (Å²) in [5.41, 5.74) is 0. The maximum Gasteiger partial charge on any atom is 0.324 e. The maximum absolute atomic E-state index is 5.14. The molecule has 1 aromatic heterocycles. The fraction of sp³-hybridized carbons (Fsp3) is 0.786. The van der Waals surface area contributed by atoms with Gasteiger partial charge in [0.05, 0.1) is 14.2 Å². The molecule has 0 saturated carbocycles. The van der Waals surface area contributed by atoms with E-state index < -0.39 is 0 Å². The molecule has 1 aromatic rings. The van der Waals surface area contributed by atoms with Gasteiger partial charge in [0.15, 0.2) is 0 Å².